The Morgan fingerprint density at radius 1 is 1.24 bits per heavy atom. The van der Waals surface area contributed by atoms with Gasteiger partial charge in [0.1, 0.15) is 5.75 Å². The highest BCUT2D eigenvalue weighted by molar-refractivity contribution is 7.12. The molecule has 1 aromatic heterocycles. The number of aryl methyl sites for hydroxylation is 2. The number of carbonyl (C=O) groups is 2. The number of anilines is 1. The van der Waals surface area contributed by atoms with Gasteiger partial charge in [0.05, 0.1) is 0 Å². The number of amides is 1. The Kier molecular flexibility index (Phi) is 4.75. The molecule has 0 radical (unpaired) electrons. The molecule has 0 aliphatic carbocycles. The number of rotatable bonds is 5. The summed E-state index contributed by atoms with van der Waals surface area (Å²) < 4.78 is 5.51. The maximum absolute atomic E-state index is 12.1. The highest BCUT2D eigenvalue weighted by atomic mass is 32.1. The van der Waals surface area contributed by atoms with E-state index < -0.39 is 0 Å². The van der Waals surface area contributed by atoms with Crippen LogP contribution < -0.4 is 10.1 Å². The van der Waals surface area contributed by atoms with E-state index in [1.165, 1.54) is 6.92 Å². The third-order valence-corrected chi connectivity index (χ3v) is 3.83. The van der Waals surface area contributed by atoms with Gasteiger partial charge in [-0.1, -0.05) is 6.07 Å². The Morgan fingerprint density at radius 2 is 2.00 bits per heavy atom. The predicted molar refractivity (Wildman–Crippen MR) is 84.4 cm³/mol. The van der Waals surface area contributed by atoms with E-state index in [0.717, 1.165) is 15.3 Å². The predicted octanol–water partition coefficient (Wildman–Crippen LogP) is 3.59. The number of Topliss-reactive ketones (excluding diaryl/α,β-unsaturated/α-hetero) is 1. The Balaban J connectivity index is 2.01. The molecule has 2 aromatic rings. The molecule has 2 rings (SSSR count). The van der Waals surface area contributed by atoms with Crippen LogP contribution in [0.25, 0.3) is 0 Å². The summed E-state index contributed by atoms with van der Waals surface area (Å²) in [6.07, 6.45) is 0. The van der Waals surface area contributed by atoms with E-state index in [4.69, 9.17) is 4.74 Å². The lowest BCUT2D eigenvalue weighted by Crippen LogP contribution is -2.12. The van der Waals surface area contributed by atoms with Crippen LogP contribution in [0.4, 0.5) is 5.69 Å². The highest BCUT2D eigenvalue weighted by Crippen LogP contribution is 2.22. The van der Waals surface area contributed by atoms with Gasteiger partial charge in [-0.05, 0) is 32.0 Å². The topological polar surface area (TPSA) is 55.4 Å². The van der Waals surface area contributed by atoms with Crippen LogP contribution in [-0.4, -0.2) is 18.3 Å². The fourth-order valence-corrected chi connectivity index (χ4v) is 2.94. The van der Waals surface area contributed by atoms with Crippen LogP contribution in [0.2, 0.25) is 0 Å². The largest absolute Gasteiger partial charge is 0.485 e. The number of ether oxygens (including phenoxy) is 1. The lowest BCUT2D eigenvalue weighted by molar-refractivity contribution is -0.114. The van der Waals surface area contributed by atoms with Crippen molar-refractivity contribution in [2.75, 3.05) is 11.9 Å². The molecule has 0 unspecified atom stereocenters. The lowest BCUT2D eigenvalue weighted by Gasteiger charge is -2.07. The molecule has 1 N–H and O–H groups in total. The van der Waals surface area contributed by atoms with E-state index in [9.17, 15) is 9.59 Å². The van der Waals surface area contributed by atoms with Crippen molar-refractivity contribution in [3.05, 3.63) is 45.6 Å². The molecule has 0 saturated heterocycles. The molecule has 0 aliphatic heterocycles. The number of hydrogen-bond donors (Lipinski definition) is 1. The van der Waals surface area contributed by atoms with Crippen LogP contribution in [0.1, 0.15) is 27.0 Å². The van der Waals surface area contributed by atoms with Gasteiger partial charge in [0, 0.05) is 34.0 Å². The zero-order valence-electron chi connectivity index (χ0n) is 12.2. The molecule has 0 aliphatic rings. The molecule has 0 bridgehead atoms. The minimum Gasteiger partial charge on any atom is -0.485 e. The summed E-state index contributed by atoms with van der Waals surface area (Å²) in [4.78, 5) is 25.3. The second-order valence-electron chi connectivity index (χ2n) is 4.75. The third kappa shape index (κ3) is 4.16. The standard InChI is InChI=1S/C16H17NO3S/c1-10-7-15(11(2)21-10)16(19)9-20-14-6-4-5-13(8-14)17-12(3)18/h4-8H,9H2,1-3H3,(H,17,18). The molecule has 1 aromatic carbocycles. The summed E-state index contributed by atoms with van der Waals surface area (Å²) >= 11 is 1.60. The van der Waals surface area contributed by atoms with E-state index in [0.29, 0.717) is 11.4 Å². The van der Waals surface area contributed by atoms with Gasteiger partial charge in [0.15, 0.2) is 6.61 Å². The number of thiophene rings is 1. The normalized spacial score (nSPS) is 10.2. The van der Waals surface area contributed by atoms with Crippen molar-refractivity contribution in [2.45, 2.75) is 20.8 Å². The van der Waals surface area contributed by atoms with Crippen LogP contribution in [0.15, 0.2) is 30.3 Å². The lowest BCUT2D eigenvalue weighted by atomic mass is 10.2. The first kappa shape index (κ1) is 15.3. The van der Waals surface area contributed by atoms with Crippen molar-refractivity contribution in [3.8, 4) is 5.75 Å². The molecule has 1 amide bonds. The van der Waals surface area contributed by atoms with Gasteiger partial charge in [-0.2, -0.15) is 0 Å². The number of ketones is 1. The molecule has 1 heterocycles. The van der Waals surface area contributed by atoms with E-state index >= 15 is 0 Å². The number of benzene rings is 1. The van der Waals surface area contributed by atoms with E-state index in [-0.39, 0.29) is 18.3 Å². The Bertz CT molecular complexity index is 676. The van der Waals surface area contributed by atoms with Gasteiger partial charge in [-0.15, -0.1) is 11.3 Å². The maximum atomic E-state index is 12.1. The van der Waals surface area contributed by atoms with E-state index in [1.54, 1.807) is 35.6 Å². The average Bonchev–Trinajstić information content (AvgIpc) is 2.75. The van der Waals surface area contributed by atoms with Crippen molar-refractivity contribution in [3.63, 3.8) is 0 Å². The minimum atomic E-state index is -0.146. The first-order valence-corrected chi connectivity index (χ1v) is 7.38. The number of carbonyl (C=O) groups excluding carboxylic acids is 2. The van der Waals surface area contributed by atoms with Crippen molar-refractivity contribution in [1.29, 1.82) is 0 Å². The molecule has 0 saturated carbocycles. The summed E-state index contributed by atoms with van der Waals surface area (Å²) in [7, 11) is 0. The first-order chi connectivity index (χ1) is 9.95. The minimum absolute atomic E-state index is 0.0134. The van der Waals surface area contributed by atoms with Crippen LogP contribution >= 0.6 is 11.3 Å². The fourth-order valence-electron chi connectivity index (χ4n) is 2.00. The summed E-state index contributed by atoms with van der Waals surface area (Å²) in [5.74, 6) is 0.369. The quantitative estimate of drug-likeness (QED) is 0.859. The average molecular weight is 303 g/mol. The van der Waals surface area contributed by atoms with E-state index in [1.807, 2.05) is 19.9 Å². The molecule has 0 fully saturated rings. The summed E-state index contributed by atoms with van der Waals surface area (Å²) in [5, 5.41) is 2.67. The Labute approximate surface area is 127 Å². The van der Waals surface area contributed by atoms with Crippen molar-refractivity contribution < 1.29 is 14.3 Å². The van der Waals surface area contributed by atoms with Gasteiger partial charge in [-0.3, -0.25) is 9.59 Å². The van der Waals surface area contributed by atoms with Crippen LogP contribution in [0, 0.1) is 13.8 Å². The number of nitrogens with one attached hydrogen (secondary N) is 1. The van der Waals surface area contributed by atoms with Crippen LogP contribution in [-0.2, 0) is 4.79 Å². The number of hydrogen-bond acceptors (Lipinski definition) is 4. The fraction of sp³-hybridized carbons (Fsp3) is 0.250. The van der Waals surface area contributed by atoms with Crippen molar-refractivity contribution in [2.24, 2.45) is 0 Å². The molecule has 5 heteroatoms. The smallest absolute Gasteiger partial charge is 0.221 e. The maximum Gasteiger partial charge on any atom is 0.221 e. The zero-order chi connectivity index (χ0) is 15.4. The second-order valence-corrected chi connectivity index (χ2v) is 6.21. The Morgan fingerprint density at radius 3 is 2.62 bits per heavy atom. The second kappa shape index (κ2) is 6.54. The van der Waals surface area contributed by atoms with Gasteiger partial charge >= 0.3 is 0 Å². The summed E-state index contributed by atoms with van der Waals surface area (Å²) in [6, 6.07) is 8.87. The molecule has 0 atom stereocenters. The molecular formula is C16H17NO3S. The van der Waals surface area contributed by atoms with Crippen molar-refractivity contribution in [1.82, 2.24) is 0 Å². The Hall–Kier alpha value is -2.14. The van der Waals surface area contributed by atoms with Crippen LogP contribution in [0.5, 0.6) is 5.75 Å². The summed E-state index contributed by atoms with van der Waals surface area (Å²) in [5.41, 5.74) is 1.37. The monoisotopic (exact) mass is 303 g/mol. The van der Waals surface area contributed by atoms with E-state index in [2.05, 4.69) is 5.32 Å². The highest BCUT2D eigenvalue weighted by Gasteiger charge is 2.12. The van der Waals surface area contributed by atoms with Crippen molar-refractivity contribution >= 4 is 28.7 Å². The molecule has 0 spiro atoms. The SMILES string of the molecule is CC(=O)Nc1cccc(OCC(=O)c2cc(C)sc2C)c1. The zero-order valence-corrected chi connectivity index (χ0v) is 13.0. The van der Waals surface area contributed by atoms with Gasteiger partial charge in [0.25, 0.3) is 0 Å². The van der Waals surface area contributed by atoms with Gasteiger partial charge in [0.2, 0.25) is 11.7 Å². The molecular weight excluding hydrogens is 286 g/mol. The molecule has 21 heavy (non-hydrogen) atoms. The van der Waals surface area contributed by atoms with Gasteiger partial charge < -0.3 is 10.1 Å². The first-order valence-electron chi connectivity index (χ1n) is 6.56. The summed E-state index contributed by atoms with van der Waals surface area (Å²) in [6.45, 7) is 5.34. The molecule has 110 valence electrons. The molecule has 4 nitrogen and oxygen atoms in total. The third-order valence-electron chi connectivity index (χ3n) is 2.87. The van der Waals surface area contributed by atoms with Crippen LogP contribution in [0.3, 0.4) is 0 Å². The van der Waals surface area contributed by atoms with Gasteiger partial charge in [-0.25, -0.2) is 0 Å².